The van der Waals surface area contributed by atoms with Gasteiger partial charge in [0.1, 0.15) is 5.75 Å². The molecular weight excluding hydrogens is 428 g/mol. The van der Waals surface area contributed by atoms with Crippen LogP contribution in [0.25, 0.3) is 10.9 Å². The van der Waals surface area contributed by atoms with E-state index >= 15 is 0 Å². The SMILES string of the molecule is COc1cc(C)c2[nH]ccc2c1CN1CCN(CC(C)(F)F)CC1c1ccc(C(=O)O)cc1. The quantitative estimate of drug-likeness (QED) is 0.538. The molecule has 0 aliphatic carbocycles. The molecule has 1 aromatic heterocycles. The number of aryl methyl sites for hydroxylation is 1. The maximum Gasteiger partial charge on any atom is 0.335 e. The lowest BCUT2D eigenvalue weighted by atomic mass is 9.98. The third kappa shape index (κ3) is 5.02. The number of nitrogens with zero attached hydrogens (tertiary/aromatic N) is 2. The summed E-state index contributed by atoms with van der Waals surface area (Å²) in [6, 6.07) is 10.6. The normalized spacial score (nSPS) is 18.0. The van der Waals surface area contributed by atoms with Crippen molar-refractivity contribution in [1.29, 1.82) is 0 Å². The Labute approximate surface area is 191 Å². The second-order valence-electron chi connectivity index (χ2n) is 8.86. The van der Waals surface area contributed by atoms with Gasteiger partial charge in [0.05, 0.1) is 19.2 Å². The van der Waals surface area contributed by atoms with Crippen molar-refractivity contribution >= 4 is 16.9 Å². The second kappa shape index (κ2) is 9.11. The van der Waals surface area contributed by atoms with Crippen molar-refractivity contribution in [1.82, 2.24) is 14.8 Å². The molecule has 1 aliphatic rings. The molecule has 2 aromatic carbocycles. The molecule has 1 unspecified atom stereocenters. The maximum atomic E-state index is 13.8. The highest BCUT2D eigenvalue weighted by atomic mass is 19.3. The Kier molecular flexibility index (Phi) is 6.41. The van der Waals surface area contributed by atoms with E-state index in [-0.39, 0.29) is 18.2 Å². The first-order valence-corrected chi connectivity index (χ1v) is 11.0. The lowest BCUT2D eigenvalue weighted by molar-refractivity contribution is -0.0378. The zero-order valence-electron chi connectivity index (χ0n) is 19.1. The molecule has 1 atom stereocenters. The number of methoxy groups -OCH3 is 1. The van der Waals surface area contributed by atoms with Gasteiger partial charge in [-0.2, -0.15) is 0 Å². The van der Waals surface area contributed by atoms with Gasteiger partial charge < -0.3 is 14.8 Å². The first kappa shape index (κ1) is 23.2. The van der Waals surface area contributed by atoms with Crippen LogP contribution in [0.5, 0.6) is 5.75 Å². The third-order valence-corrected chi connectivity index (χ3v) is 6.31. The number of aromatic carboxylic acids is 1. The minimum absolute atomic E-state index is 0.163. The fraction of sp³-hybridized carbons (Fsp3) is 0.400. The fourth-order valence-electron chi connectivity index (χ4n) is 4.75. The summed E-state index contributed by atoms with van der Waals surface area (Å²) in [5, 5.41) is 10.3. The van der Waals surface area contributed by atoms with E-state index in [9.17, 15) is 18.7 Å². The predicted molar refractivity (Wildman–Crippen MR) is 123 cm³/mol. The predicted octanol–water partition coefficient (Wildman–Crippen LogP) is 4.70. The van der Waals surface area contributed by atoms with Crippen molar-refractivity contribution in [2.75, 3.05) is 33.3 Å². The molecule has 1 saturated heterocycles. The molecule has 1 aliphatic heterocycles. The molecule has 1 fully saturated rings. The Hall–Kier alpha value is -2.97. The molecule has 6 nitrogen and oxygen atoms in total. The number of alkyl halides is 2. The molecule has 2 N–H and O–H groups in total. The Morgan fingerprint density at radius 1 is 1.24 bits per heavy atom. The molecule has 0 bridgehead atoms. The number of aromatic amines is 1. The number of nitrogens with one attached hydrogen (secondary N) is 1. The van der Waals surface area contributed by atoms with Crippen LogP contribution in [0, 0.1) is 6.92 Å². The van der Waals surface area contributed by atoms with Crippen LogP contribution >= 0.6 is 0 Å². The number of benzene rings is 2. The summed E-state index contributed by atoms with van der Waals surface area (Å²) >= 11 is 0. The van der Waals surface area contributed by atoms with Gasteiger partial charge in [0.2, 0.25) is 0 Å². The number of ether oxygens (including phenoxy) is 1. The van der Waals surface area contributed by atoms with Crippen molar-refractivity contribution in [3.05, 3.63) is 64.8 Å². The molecule has 0 radical (unpaired) electrons. The number of carbonyl (C=O) groups is 1. The Bertz CT molecular complexity index is 1140. The molecule has 176 valence electrons. The number of carboxylic acid groups (broad SMARTS) is 1. The zero-order chi connectivity index (χ0) is 23.8. The van der Waals surface area contributed by atoms with Gasteiger partial charge >= 0.3 is 5.97 Å². The van der Waals surface area contributed by atoms with Crippen LogP contribution in [0.15, 0.2) is 42.6 Å². The highest BCUT2D eigenvalue weighted by Crippen LogP contribution is 2.35. The minimum Gasteiger partial charge on any atom is -0.496 e. The molecule has 0 spiro atoms. The van der Waals surface area contributed by atoms with E-state index in [0.717, 1.165) is 40.3 Å². The van der Waals surface area contributed by atoms with E-state index in [2.05, 4.69) is 9.88 Å². The lowest BCUT2D eigenvalue weighted by Gasteiger charge is -2.42. The number of rotatable bonds is 7. The first-order chi connectivity index (χ1) is 15.7. The average Bonchev–Trinajstić information content (AvgIpc) is 3.26. The Balaban J connectivity index is 1.68. The van der Waals surface area contributed by atoms with Crippen LogP contribution in [0.1, 0.15) is 40.0 Å². The number of fused-ring (bicyclic) bond motifs is 1. The highest BCUT2D eigenvalue weighted by molar-refractivity contribution is 5.88. The first-order valence-electron chi connectivity index (χ1n) is 11.0. The number of halogens is 2. The van der Waals surface area contributed by atoms with Crippen LogP contribution in [0.3, 0.4) is 0 Å². The van der Waals surface area contributed by atoms with E-state index in [1.54, 1.807) is 36.3 Å². The van der Waals surface area contributed by atoms with E-state index in [4.69, 9.17) is 4.74 Å². The van der Waals surface area contributed by atoms with Crippen molar-refractivity contribution in [2.24, 2.45) is 0 Å². The summed E-state index contributed by atoms with van der Waals surface area (Å²) in [6.45, 7) is 4.81. The van der Waals surface area contributed by atoms with Gasteiger partial charge in [-0.3, -0.25) is 9.80 Å². The molecule has 4 rings (SSSR count). The van der Waals surface area contributed by atoms with Crippen molar-refractivity contribution in [3.63, 3.8) is 0 Å². The van der Waals surface area contributed by atoms with Crippen LogP contribution in [-0.2, 0) is 6.54 Å². The van der Waals surface area contributed by atoms with Crippen molar-refractivity contribution in [3.8, 4) is 5.75 Å². The van der Waals surface area contributed by atoms with Crippen LogP contribution in [-0.4, -0.2) is 65.1 Å². The van der Waals surface area contributed by atoms with Crippen LogP contribution < -0.4 is 4.74 Å². The summed E-state index contributed by atoms with van der Waals surface area (Å²) in [6.07, 6.45) is 1.91. The van der Waals surface area contributed by atoms with E-state index in [1.807, 2.05) is 25.3 Å². The van der Waals surface area contributed by atoms with Crippen LogP contribution in [0.2, 0.25) is 0 Å². The fourth-order valence-corrected chi connectivity index (χ4v) is 4.75. The molecule has 33 heavy (non-hydrogen) atoms. The zero-order valence-corrected chi connectivity index (χ0v) is 19.1. The summed E-state index contributed by atoms with van der Waals surface area (Å²) in [7, 11) is 1.65. The third-order valence-electron chi connectivity index (χ3n) is 6.31. The van der Waals surface area contributed by atoms with Gasteiger partial charge in [0, 0.05) is 61.8 Å². The number of H-pyrrole nitrogens is 1. The van der Waals surface area contributed by atoms with Crippen LogP contribution in [0.4, 0.5) is 8.78 Å². The van der Waals surface area contributed by atoms with Gasteiger partial charge in [-0.15, -0.1) is 0 Å². The molecule has 0 saturated carbocycles. The van der Waals surface area contributed by atoms with E-state index < -0.39 is 11.9 Å². The number of carboxylic acids is 1. The molecule has 0 amide bonds. The van der Waals surface area contributed by atoms with Crippen molar-refractivity contribution in [2.45, 2.75) is 32.4 Å². The van der Waals surface area contributed by atoms with Gasteiger partial charge in [-0.1, -0.05) is 12.1 Å². The molecular formula is C25H29F2N3O3. The highest BCUT2D eigenvalue weighted by Gasteiger charge is 2.34. The number of hydrogen-bond acceptors (Lipinski definition) is 4. The maximum absolute atomic E-state index is 13.8. The van der Waals surface area contributed by atoms with Gasteiger partial charge in [0.25, 0.3) is 5.92 Å². The summed E-state index contributed by atoms with van der Waals surface area (Å²) in [5.74, 6) is -2.98. The number of piperazine rings is 1. The van der Waals surface area contributed by atoms with E-state index in [0.29, 0.717) is 26.2 Å². The summed E-state index contributed by atoms with van der Waals surface area (Å²) < 4.78 is 33.2. The number of hydrogen-bond donors (Lipinski definition) is 2. The standard InChI is InChI=1S/C25H29F2N3O3/c1-16-12-22(33-3)20(19-8-9-28-23(16)19)13-30-11-10-29(15-25(2,26)27)14-21(30)17-4-6-18(7-5-17)24(31)32/h4-9,12,21,28H,10-11,13-15H2,1-3H3,(H,31,32). The average molecular weight is 458 g/mol. The molecule has 8 heteroatoms. The second-order valence-corrected chi connectivity index (χ2v) is 8.86. The van der Waals surface area contributed by atoms with Gasteiger partial charge in [0.15, 0.2) is 0 Å². The van der Waals surface area contributed by atoms with E-state index in [1.165, 1.54) is 0 Å². The molecule has 2 heterocycles. The minimum atomic E-state index is -2.78. The number of aromatic nitrogens is 1. The molecule has 3 aromatic rings. The Morgan fingerprint density at radius 2 is 1.97 bits per heavy atom. The summed E-state index contributed by atoms with van der Waals surface area (Å²) in [5.41, 5.74) is 4.29. The topological polar surface area (TPSA) is 68.8 Å². The van der Waals surface area contributed by atoms with Gasteiger partial charge in [-0.25, -0.2) is 13.6 Å². The Morgan fingerprint density at radius 3 is 2.61 bits per heavy atom. The monoisotopic (exact) mass is 457 g/mol. The van der Waals surface area contributed by atoms with Crippen molar-refractivity contribution < 1.29 is 23.4 Å². The lowest BCUT2D eigenvalue weighted by Crippen LogP contribution is -2.50. The van der Waals surface area contributed by atoms with Gasteiger partial charge in [-0.05, 0) is 42.3 Å². The smallest absolute Gasteiger partial charge is 0.335 e. The summed E-state index contributed by atoms with van der Waals surface area (Å²) in [4.78, 5) is 18.6. The largest absolute Gasteiger partial charge is 0.496 e.